The third kappa shape index (κ3) is 2.63. The molecular formula is C16H14FN3O2S. The number of anilines is 1. The molecule has 0 bridgehead atoms. The molecule has 2 N–H and O–H groups in total. The van der Waals surface area contributed by atoms with E-state index in [2.05, 4.69) is 5.10 Å². The summed E-state index contributed by atoms with van der Waals surface area (Å²) in [6.45, 7) is 1.90. The van der Waals surface area contributed by atoms with Crippen LogP contribution in [0, 0.1) is 5.82 Å². The van der Waals surface area contributed by atoms with Gasteiger partial charge in [0, 0.05) is 17.2 Å². The van der Waals surface area contributed by atoms with E-state index in [1.54, 1.807) is 5.38 Å². The lowest BCUT2D eigenvalue weighted by Crippen LogP contribution is -2.24. The molecule has 0 atom stereocenters. The Balaban J connectivity index is 2.32. The van der Waals surface area contributed by atoms with Gasteiger partial charge in [-0.2, -0.15) is 9.78 Å². The van der Waals surface area contributed by atoms with Crippen molar-refractivity contribution in [2.45, 2.75) is 19.8 Å². The largest absolute Gasteiger partial charge is 0.390 e. The van der Waals surface area contributed by atoms with E-state index in [0.29, 0.717) is 28.9 Å². The van der Waals surface area contributed by atoms with Crippen LogP contribution in [0.4, 0.5) is 9.39 Å². The van der Waals surface area contributed by atoms with Crippen LogP contribution in [-0.2, 0) is 0 Å². The molecule has 1 aromatic carbocycles. The predicted octanol–water partition coefficient (Wildman–Crippen LogP) is 3.15. The zero-order valence-corrected chi connectivity index (χ0v) is 13.2. The highest BCUT2D eigenvalue weighted by atomic mass is 32.1. The molecule has 0 unspecified atom stereocenters. The molecule has 0 saturated heterocycles. The van der Waals surface area contributed by atoms with Crippen molar-refractivity contribution in [1.29, 1.82) is 0 Å². The third-order valence-electron chi connectivity index (χ3n) is 3.49. The second-order valence-electron chi connectivity index (χ2n) is 5.10. The lowest BCUT2D eigenvalue weighted by Gasteiger charge is -2.08. The summed E-state index contributed by atoms with van der Waals surface area (Å²) in [6, 6.07) is 5.34. The van der Waals surface area contributed by atoms with E-state index in [9.17, 15) is 14.0 Å². The highest BCUT2D eigenvalue weighted by Crippen LogP contribution is 2.28. The quantitative estimate of drug-likeness (QED) is 0.745. The molecule has 5 nitrogen and oxygen atoms in total. The fourth-order valence-electron chi connectivity index (χ4n) is 2.38. The number of thiophene rings is 1. The fourth-order valence-corrected chi connectivity index (χ4v) is 3.17. The topological polar surface area (TPSA) is 78.0 Å². The minimum absolute atomic E-state index is 0.147. The van der Waals surface area contributed by atoms with Crippen molar-refractivity contribution in [3.8, 4) is 5.69 Å². The first-order chi connectivity index (χ1) is 11.0. The molecule has 3 rings (SSSR count). The van der Waals surface area contributed by atoms with Crippen LogP contribution >= 0.6 is 11.3 Å². The molecule has 0 saturated carbocycles. The number of carbonyl (C=O) groups excluding carboxylic acids is 1. The summed E-state index contributed by atoms with van der Waals surface area (Å²) < 4.78 is 14.2. The van der Waals surface area contributed by atoms with Crippen molar-refractivity contribution in [2.75, 3.05) is 5.73 Å². The van der Waals surface area contributed by atoms with E-state index in [1.807, 2.05) is 6.92 Å². The molecule has 118 valence electrons. The lowest BCUT2D eigenvalue weighted by molar-refractivity contribution is 0.0977. The van der Waals surface area contributed by atoms with Crippen LogP contribution in [0.25, 0.3) is 16.5 Å². The van der Waals surface area contributed by atoms with Gasteiger partial charge in [-0.25, -0.2) is 4.39 Å². The Hall–Kier alpha value is -2.54. The summed E-state index contributed by atoms with van der Waals surface area (Å²) in [5, 5.41) is 7.00. The van der Waals surface area contributed by atoms with Crippen LogP contribution in [0.5, 0.6) is 0 Å². The number of halogens is 1. The number of nitrogens with two attached hydrogens (primary N) is 1. The van der Waals surface area contributed by atoms with Crippen molar-refractivity contribution in [2.24, 2.45) is 0 Å². The SMILES string of the molecule is CCCC(=O)c1nn(-c2ccc(F)cc2)c(=O)c2c(N)scc12. The maximum absolute atomic E-state index is 13.1. The third-order valence-corrected chi connectivity index (χ3v) is 4.30. The first kappa shape index (κ1) is 15.4. The number of rotatable bonds is 4. The zero-order chi connectivity index (χ0) is 16.6. The Morgan fingerprint density at radius 2 is 2.04 bits per heavy atom. The molecule has 2 aromatic heterocycles. The van der Waals surface area contributed by atoms with E-state index in [1.165, 1.54) is 35.6 Å². The van der Waals surface area contributed by atoms with Gasteiger partial charge in [0.05, 0.1) is 16.1 Å². The number of carbonyl (C=O) groups is 1. The average molecular weight is 331 g/mol. The second kappa shape index (κ2) is 5.92. The minimum atomic E-state index is -0.418. The summed E-state index contributed by atoms with van der Waals surface area (Å²) in [5.41, 5.74) is 6.08. The molecule has 3 aromatic rings. The Bertz CT molecular complexity index is 944. The number of hydrogen-bond acceptors (Lipinski definition) is 5. The van der Waals surface area contributed by atoms with Gasteiger partial charge in [-0.05, 0) is 30.7 Å². The number of fused-ring (bicyclic) bond motifs is 1. The maximum atomic E-state index is 13.1. The molecule has 0 spiro atoms. The number of nitrogen functional groups attached to an aromatic ring is 1. The van der Waals surface area contributed by atoms with E-state index in [0.717, 1.165) is 4.68 Å². The maximum Gasteiger partial charge on any atom is 0.282 e. The summed E-state index contributed by atoms with van der Waals surface area (Å²) in [4.78, 5) is 25.0. The van der Waals surface area contributed by atoms with Gasteiger partial charge in [0.1, 0.15) is 11.5 Å². The number of benzene rings is 1. The first-order valence-electron chi connectivity index (χ1n) is 7.12. The van der Waals surface area contributed by atoms with E-state index >= 15 is 0 Å². The standard InChI is InChI=1S/C16H14FN3O2S/c1-2-3-12(21)14-11-8-23-15(18)13(11)16(22)20(19-14)10-6-4-9(17)5-7-10/h4-8H,2-3,18H2,1H3. The van der Waals surface area contributed by atoms with Crippen LogP contribution in [0.2, 0.25) is 0 Å². The van der Waals surface area contributed by atoms with Crippen LogP contribution in [0.3, 0.4) is 0 Å². The van der Waals surface area contributed by atoms with Crippen molar-refractivity contribution in [3.05, 3.63) is 51.5 Å². The molecule has 0 aliphatic rings. The number of ketones is 1. The zero-order valence-electron chi connectivity index (χ0n) is 12.4. The monoisotopic (exact) mass is 331 g/mol. The van der Waals surface area contributed by atoms with E-state index in [-0.39, 0.29) is 16.9 Å². The smallest absolute Gasteiger partial charge is 0.282 e. The lowest BCUT2D eigenvalue weighted by atomic mass is 10.1. The van der Waals surface area contributed by atoms with Crippen molar-refractivity contribution in [1.82, 2.24) is 9.78 Å². The Morgan fingerprint density at radius 1 is 1.35 bits per heavy atom. The van der Waals surface area contributed by atoms with Gasteiger partial charge in [0.25, 0.3) is 5.56 Å². The second-order valence-corrected chi connectivity index (χ2v) is 6.02. The molecular weight excluding hydrogens is 317 g/mol. The predicted molar refractivity (Wildman–Crippen MR) is 88.8 cm³/mol. The van der Waals surface area contributed by atoms with E-state index in [4.69, 9.17) is 5.73 Å². The normalized spacial score (nSPS) is 11.0. The molecule has 2 heterocycles. The summed E-state index contributed by atoms with van der Waals surface area (Å²) in [6.07, 6.45) is 1.01. The van der Waals surface area contributed by atoms with Gasteiger partial charge in [-0.3, -0.25) is 9.59 Å². The van der Waals surface area contributed by atoms with Crippen LogP contribution < -0.4 is 11.3 Å². The molecule has 0 aliphatic heterocycles. The molecule has 0 radical (unpaired) electrons. The average Bonchev–Trinajstić information content (AvgIpc) is 2.91. The number of aromatic nitrogens is 2. The number of nitrogens with zero attached hydrogens (tertiary/aromatic N) is 2. The van der Waals surface area contributed by atoms with Crippen molar-refractivity contribution in [3.63, 3.8) is 0 Å². The number of hydrogen-bond donors (Lipinski definition) is 1. The Kier molecular flexibility index (Phi) is 3.96. The van der Waals surface area contributed by atoms with E-state index < -0.39 is 11.4 Å². The van der Waals surface area contributed by atoms with Gasteiger partial charge >= 0.3 is 0 Å². The molecule has 0 fully saturated rings. The fraction of sp³-hybridized carbons (Fsp3) is 0.188. The van der Waals surface area contributed by atoms with Gasteiger partial charge in [-0.15, -0.1) is 11.3 Å². The highest BCUT2D eigenvalue weighted by molar-refractivity contribution is 7.15. The summed E-state index contributed by atoms with van der Waals surface area (Å²) in [7, 11) is 0. The molecule has 0 aliphatic carbocycles. The summed E-state index contributed by atoms with van der Waals surface area (Å²) in [5.74, 6) is -0.564. The highest BCUT2D eigenvalue weighted by Gasteiger charge is 2.19. The molecule has 23 heavy (non-hydrogen) atoms. The van der Waals surface area contributed by atoms with Crippen LogP contribution in [0.1, 0.15) is 30.3 Å². The first-order valence-corrected chi connectivity index (χ1v) is 8.00. The minimum Gasteiger partial charge on any atom is -0.390 e. The molecule has 0 amide bonds. The number of Topliss-reactive ketones (excluding diaryl/α,β-unsaturated/α-hetero) is 1. The molecule has 7 heteroatoms. The van der Waals surface area contributed by atoms with Gasteiger partial charge < -0.3 is 5.73 Å². The summed E-state index contributed by atoms with van der Waals surface area (Å²) >= 11 is 1.20. The van der Waals surface area contributed by atoms with Gasteiger partial charge in [0.15, 0.2) is 5.78 Å². The Morgan fingerprint density at radius 3 is 2.70 bits per heavy atom. The van der Waals surface area contributed by atoms with Gasteiger partial charge in [0.2, 0.25) is 0 Å². The van der Waals surface area contributed by atoms with Crippen molar-refractivity contribution < 1.29 is 9.18 Å². The Labute approximate surface area is 135 Å². The van der Waals surface area contributed by atoms with Gasteiger partial charge in [-0.1, -0.05) is 6.92 Å². The van der Waals surface area contributed by atoms with Crippen molar-refractivity contribution >= 4 is 32.9 Å². The van der Waals surface area contributed by atoms with Crippen LogP contribution in [0.15, 0.2) is 34.4 Å². The van der Waals surface area contributed by atoms with Crippen LogP contribution in [-0.4, -0.2) is 15.6 Å².